The van der Waals surface area contributed by atoms with Crippen molar-refractivity contribution < 1.29 is 15.1 Å². The quantitative estimate of drug-likeness (QED) is 0.600. The molecule has 3 N–H and O–H groups in total. The second-order valence-corrected chi connectivity index (χ2v) is 1.94. The van der Waals surface area contributed by atoms with Crippen LogP contribution in [0.2, 0.25) is 0 Å². The van der Waals surface area contributed by atoms with Gasteiger partial charge in [-0.25, -0.2) is 15.1 Å². The smallest absolute Gasteiger partial charge is 0.134 e. The molecule has 0 aliphatic rings. The van der Waals surface area contributed by atoms with Crippen molar-refractivity contribution in [3.63, 3.8) is 0 Å². The fraction of sp³-hybridized carbons (Fsp3) is 0.143. The van der Waals surface area contributed by atoms with Crippen molar-refractivity contribution in [2.45, 2.75) is 6.61 Å². The van der Waals surface area contributed by atoms with Gasteiger partial charge < -0.3 is 0 Å². The highest BCUT2D eigenvalue weighted by Crippen LogP contribution is 2.05. The van der Waals surface area contributed by atoms with Gasteiger partial charge in [-0.3, -0.25) is 0 Å². The maximum atomic E-state index is 12.7. The molecule has 0 atom stereocenters. The van der Waals surface area contributed by atoms with Crippen LogP contribution >= 0.6 is 0 Å². The first-order chi connectivity index (χ1) is 4.84. The number of halogens is 1. The maximum absolute atomic E-state index is 12.7. The van der Waals surface area contributed by atoms with E-state index < -0.39 is 0 Å². The van der Waals surface area contributed by atoms with Gasteiger partial charge in [0.25, 0.3) is 0 Å². The lowest BCUT2D eigenvalue weighted by Crippen LogP contribution is -2.48. The van der Waals surface area contributed by atoms with Gasteiger partial charge in [0.1, 0.15) is 12.4 Å². The highest BCUT2D eigenvalue weighted by molar-refractivity contribution is 5.15. The molecule has 0 aliphatic carbocycles. The van der Waals surface area contributed by atoms with Crippen molar-refractivity contribution in [3.8, 4) is 0 Å². The van der Waals surface area contributed by atoms with Gasteiger partial charge in [-0.1, -0.05) is 18.2 Å². The van der Waals surface area contributed by atoms with Crippen LogP contribution in [0, 0.1) is 5.82 Å². The van der Waals surface area contributed by atoms with Crippen LogP contribution in [0.4, 0.5) is 4.39 Å². The summed E-state index contributed by atoms with van der Waals surface area (Å²) in [7, 11) is 0. The van der Waals surface area contributed by atoms with Gasteiger partial charge in [0.05, 0.1) is 0 Å². The van der Waals surface area contributed by atoms with E-state index in [1.165, 1.54) is 6.07 Å². The van der Waals surface area contributed by atoms with E-state index in [1.807, 2.05) is 0 Å². The molecule has 3 heteroatoms. The van der Waals surface area contributed by atoms with E-state index in [9.17, 15) is 4.39 Å². The van der Waals surface area contributed by atoms with E-state index in [2.05, 4.69) is 10.7 Å². The largest absolute Gasteiger partial charge is 0.212 e. The van der Waals surface area contributed by atoms with Gasteiger partial charge in [-0.05, 0) is 6.07 Å². The molecule has 1 rings (SSSR count). The topological polar surface area (TPSA) is 36.9 Å². The molecule has 0 spiro atoms. The maximum Gasteiger partial charge on any atom is 0.134 e. The first-order valence-corrected chi connectivity index (χ1v) is 2.95. The lowest BCUT2D eigenvalue weighted by Gasteiger charge is -1.96. The minimum absolute atomic E-state index is 0.229. The van der Waals surface area contributed by atoms with E-state index in [0.29, 0.717) is 5.56 Å². The summed E-state index contributed by atoms with van der Waals surface area (Å²) in [6, 6.07) is 6.47. The SMILES string of the molecule is [NH3+]OCc1ccccc1F. The van der Waals surface area contributed by atoms with Gasteiger partial charge in [0.15, 0.2) is 0 Å². The minimum atomic E-state index is -0.244. The summed E-state index contributed by atoms with van der Waals surface area (Å²) in [5.74, 6) is 2.91. The van der Waals surface area contributed by atoms with Gasteiger partial charge in [0, 0.05) is 5.56 Å². The zero-order valence-corrected chi connectivity index (χ0v) is 5.51. The Morgan fingerprint density at radius 1 is 1.40 bits per heavy atom. The molecule has 0 unspecified atom stereocenters. The van der Waals surface area contributed by atoms with Gasteiger partial charge in [-0.2, -0.15) is 0 Å². The lowest BCUT2D eigenvalue weighted by molar-refractivity contribution is -0.695. The predicted molar refractivity (Wildman–Crippen MR) is 34.1 cm³/mol. The van der Waals surface area contributed by atoms with Crippen LogP contribution in [-0.4, -0.2) is 0 Å². The van der Waals surface area contributed by atoms with Gasteiger partial charge in [-0.15, -0.1) is 0 Å². The summed E-state index contributed by atoms with van der Waals surface area (Å²) in [5.41, 5.74) is 0.539. The Labute approximate surface area is 58.4 Å². The molecule has 10 heavy (non-hydrogen) atoms. The summed E-state index contributed by atoms with van der Waals surface area (Å²) < 4.78 is 12.7. The van der Waals surface area contributed by atoms with Gasteiger partial charge >= 0.3 is 0 Å². The van der Waals surface area contributed by atoms with Crippen molar-refractivity contribution in [1.29, 1.82) is 0 Å². The molecule has 0 aliphatic heterocycles. The zero-order valence-electron chi connectivity index (χ0n) is 5.51. The second-order valence-electron chi connectivity index (χ2n) is 1.94. The molecule has 0 saturated heterocycles. The molecule has 2 nitrogen and oxygen atoms in total. The van der Waals surface area contributed by atoms with Crippen LogP contribution in [0.5, 0.6) is 0 Å². The Kier molecular flexibility index (Phi) is 2.36. The Morgan fingerprint density at radius 2 is 2.10 bits per heavy atom. The average molecular weight is 142 g/mol. The second kappa shape index (κ2) is 3.29. The summed E-state index contributed by atoms with van der Waals surface area (Å²) in [5, 5.41) is 0. The molecule has 0 aromatic heterocycles. The Hall–Kier alpha value is -0.930. The summed E-state index contributed by atoms with van der Waals surface area (Å²) >= 11 is 0. The third-order valence-corrected chi connectivity index (χ3v) is 1.22. The van der Waals surface area contributed by atoms with E-state index >= 15 is 0 Å². The molecule has 0 heterocycles. The third-order valence-electron chi connectivity index (χ3n) is 1.22. The minimum Gasteiger partial charge on any atom is -0.212 e. The fourth-order valence-corrected chi connectivity index (χ4v) is 0.725. The van der Waals surface area contributed by atoms with E-state index in [-0.39, 0.29) is 12.4 Å². The fourth-order valence-electron chi connectivity index (χ4n) is 0.725. The molecular weight excluding hydrogens is 133 g/mol. The van der Waals surface area contributed by atoms with E-state index in [4.69, 9.17) is 0 Å². The Bertz CT molecular complexity index is 215. The number of hydrogen-bond donors (Lipinski definition) is 1. The highest BCUT2D eigenvalue weighted by atomic mass is 19.1. The Morgan fingerprint density at radius 3 is 2.70 bits per heavy atom. The van der Waals surface area contributed by atoms with Crippen molar-refractivity contribution in [2.24, 2.45) is 0 Å². The third kappa shape index (κ3) is 1.52. The van der Waals surface area contributed by atoms with E-state index in [1.54, 1.807) is 18.2 Å². The van der Waals surface area contributed by atoms with Crippen molar-refractivity contribution in [1.82, 2.24) is 0 Å². The molecule has 0 bridgehead atoms. The number of rotatable bonds is 2. The molecule has 54 valence electrons. The predicted octanol–water partition coefficient (Wildman–Crippen LogP) is 0.499. The van der Waals surface area contributed by atoms with Crippen LogP contribution in [-0.2, 0) is 11.4 Å². The normalized spacial score (nSPS) is 9.80. The number of benzene rings is 1. The van der Waals surface area contributed by atoms with Crippen molar-refractivity contribution >= 4 is 0 Å². The lowest BCUT2D eigenvalue weighted by atomic mass is 10.2. The number of quaternary nitrogens is 1. The average Bonchev–Trinajstić information content (AvgIpc) is 1.94. The van der Waals surface area contributed by atoms with Crippen LogP contribution in [0.3, 0.4) is 0 Å². The van der Waals surface area contributed by atoms with E-state index in [0.717, 1.165) is 0 Å². The van der Waals surface area contributed by atoms with Crippen LogP contribution < -0.4 is 5.90 Å². The van der Waals surface area contributed by atoms with Crippen molar-refractivity contribution in [3.05, 3.63) is 35.6 Å². The van der Waals surface area contributed by atoms with Gasteiger partial charge in [0.2, 0.25) is 0 Å². The summed E-state index contributed by atoms with van der Waals surface area (Å²) in [6.45, 7) is 0.229. The summed E-state index contributed by atoms with van der Waals surface area (Å²) in [4.78, 5) is 4.52. The first-order valence-electron chi connectivity index (χ1n) is 2.95. The van der Waals surface area contributed by atoms with Crippen LogP contribution in [0.1, 0.15) is 5.56 Å². The Balaban J connectivity index is 2.81. The monoisotopic (exact) mass is 142 g/mol. The molecule has 0 amide bonds. The summed E-state index contributed by atoms with van der Waals surface area (Å²) in [6.07, 6.45) is 0. The first kappa shape index (κ1) is 7.18. The van der Waals surface area contributed by atoms with Crippen LogP contribution in [0.15, 0.2) is 24.3 Å². The molecule has 0 radical (unpaired) electrons. The molecule has 0 saturated carbocycles. The van der Waals surface area contributed by atoms with Crippen molar-refractivity contribution in [2.75, 3.05) is 0 Å². The van der Waals surface area contributed by atoms with Crippen LogP contribution in [0.25, 0.3) is 0 Å². The standard InChI is InChI=1S/C7H9FNO/c8-7-4-2-1-3-6(7)5-10-9/h1-4H,5H2,9H3/q+1. The molecule has 0 fully saturated rings. The molecule has 1 aromatic carbocycles. The molecule has 1 aromatic rings. The molecular formula is C7H9FNO+. The number of hydrogen-bond acceptors (Lipinski definition) is 1. The highest BCUT2D eigenvalue weighted by Gasteiger charge is 1.98. The zero-order chi connectivity index (χ0) is 7.40.